The molecule has 1 aromatic carbocycles. The number of carbonyl (C=O) groups excluding carboxylic acids is 2. The van der Waals surface area contributed by atoms with Crippen LogP contribution in [0.15, 0.2) is 40.0 Å². The Morgan fingerprint density at radius 2 is 2.14 bits per heavy atom. The van der Waals surface area contributed by atoms with E-state index in [4.69, 9.17) is 0 Å². The predicted molar refractivity (Wildman–Crippen MR) is 90.3 cm³/mol. The van der Waals surface area contributed by atoms with Gasteiger partial charge in [0.05, 0.1) is 11.6 Å². The van der Waals surface area contributed by atoms with E-state index in [9.17, 15) is 9.59 Å². The zero-order chi connectivity index (χ0) is 15.9. The Hall–Kier alpha value is -1.66. The van der Waals surface area contributed by atoms with E-state index in [0.717, 1.165) is 34.3 Å². The molecule has 5 nitrogen and oxygen atoms in total. The molecule has 0 aliphatic carbocycles. The number of ketones is 1. The van der Waals surface area contributed by atoms with E-state index in [1.807, 2.05) is 24.3 Å². The number of allylic oxidation sites excluding steroid dienone is 1. The van der Waals surface area contributed by atoms with Gasteiger partial charge in [-0.15, -0.1) is 0 Å². The molecule has 1 aliphatic rings. The van der Waals surface area contributed by atoms with Crippen LogP contribution in [0.2, 0.25) is 0 Å². The van der Waals surface area contributed by atoms with Crippen LogP contribution < -0.4 is 16.2 Å². The molecule has 1 heterocycles. The minimum absolute atomic E-state index is 0.349. The lowest BCUT2D eigenvalue weighted by atomic mass is 9.95. The van der Waals surface area contributed by atoms with Crippen LogP contribution in [0, 0.1) is 5.92 Å². The smallest absolute Gasteiger partial charge is 0.203 e. The quantitative estimate of drug-likeness (QED) is 0.393. The number of carbonyl (C=O) groups is 2. The molecule has 0 radical (unpaired) electrons. The molecule has 1 aliphatic heterocycles. The predicted octanol–water partition coefficient (Wildman–Crippen LogP) is 2.41. The molecule has 1 aromatic rings. The van der Waals surface area contributed by atoms with Crippen LogP contribution in [-0.2, 0) is 9.59 Å². The summed E-state index contributed by atoms with van der Waals surface area (Å²) >= 11 is 3.40. The number of hydrogen-bond acceptors (Lipinski definition) is 5. The largest absolute Gasteiger partial charge is 0.312 e. The first-order valence-corrected chi connectivity index (χ1v) is 8.14. The van der Waals surface area contributed by atoms with Crippen LogP contribution in [0.1, 0.15) is 19.8 Å². The lowest BCUT2D eigenvalue weighted by Crippen LogP contribution is -2.26. The molecule has 1 atom stereocenters. The topological polar surface area (TPSA) is 70.2 Å². The van der Waals surface area contributed by atoms with Crippen molar-refractivity contribution in [3.8, 4) is 0 Å². The Labute approximate surface area is 138 Å². The summed E-state index contributed by atoms with van der Waals surface area (Å²) in [5.41, 5.74) is 9.26. The highest BCUT2D eigenvalue weighted by atomic mass is 79.9. The maximum Gasteiger partial charge on any atom is 0.203 e. The van der Waals surface area contributed by atoms with Gasteiger partial charge in [0, 0.05) is 23.3 Å². The summed E-state index contributed by atoms with van der Waals surface area (Å²) in [6.45, 7) is 3.25. The maximum absolute atomic E-state index is 11.7. The average molecular weight is 366 g/mol. The zero-order valence-corrected chi connectivity index (χ0v) is 14.1. The van der Waals surface area contributed by atoms with E-state index in [1.165, 1.54) is 0 Å². The summed E-state index contributed by atoms with van der Waals surface area (Å²) in [5.74, 6) is -0.711. The van der Waals surface area contributed by atoms with Crippen LogP contribution in [0.3, 0.4) is 0 Å². The average Bonchev–Trinajstić information content (AvgIpc) is 3.01. The second-order valence-corrected chi connectivity index (χ2v) is 6.13. The van der Waals surface area contributed by atoms with E-state index in [2.05, 4.69) is 39.0 Å². The molecule has 22 heavy (non-hydrogen) atoms. The molecule has 1 unspecified atom stereocenters. The number of aldehydes is 1. The van der Waals surface area contributed by atoms with Gasteiger partial charge >= 0.3 is 0 Å². The lowest BCUT2D eigenvalue weighted by Gasteiger charge is -2.18. The van der Waals surface area contributed by atoms with E-state index in [-0.39, 0.29) is 11.7 Å². The third-order valence-corrected chi connectivity index (χ3v) is 4.16. The number of benzene rings is 1. The van der Waals surface area contributed by atoms with Crippen molar-refractivity contribution in [2.75, 3.05) is 18.5 Å². The van der Waals surface area contributed by atoms with Gasteiger partial charge in [0.25, 0.3) is 0 Å². The zero-order valence-electron chi connectivity index (χ0n) is 12.5. The molecule has 0 bridgehead atoms. The van der Waals surface area contributed by atoms with Crippen LogP contribution in [0.4, 0.5) is 5.69 Å². The highest BCUT2D eigenvalue weighted by Gasteiger charge is 2.29. The molecular formula is C16H20BrN3O2. The van der Waals surface area contributed by atoms with Crippen molar-refractivity contribution < 1.29 is 9.59 Å². The number of nitrogens with one attached hydrogen (secondary N) is 3. The minimum atomic E-state index is -0.362. The van der Waals surface area contributed by atoms with Gasteiger partial charge < -0.3 is 16.2 Å². The van der Waals surface area contributed by atoms with Crippen molar-refractivity contribution >= 4 is 33.7 Å². The summed E-state index contributed by atoms with van der Waals surface area (Å²) in [5, 5.41) is 3.17. The van der Waals surface area contributed by atoms with E-state index in [0.29, 0.717) is 19.4 Å². The molecule has 1 fully saturated rings. The highest BCUT2D eigenvalue weighted by molar-refractivity contribution is 9.10. The first-order chi connectivity index (χ1) is 10.7. The summed E-state index contributed by atoms with van der Waals surface area (Å²) in [6, 6.07) is 7.80. The molecule has 1 saturated heterocycles. The Balaban J connectivity index is 2.14. The Kier molecular flexibility index (Phi) is 6.15. The third kappa shape index (κ3) is 4.18. The normalized spacial score (nSPS) is 19.6. The van der Waals surface area contributed by atoms with Gasteiger partial charge in [0.2, 0.25) is 5.78 Å². The first-order valence-electron chi connectivity index (χ1n) is 7.35. The Bertz CT molecular complexity index is 569. The molecule has 118 valence electrons. The second-order valence-electron chi connectivity index (χ2n) is 5.21. The van der Waals surface area contributed by atoms with Crippen molar-refractivity contribution in [3.63, 3.8) is 0 Å². The number of halogens is 1. The van der Waals surface area contributed by atoms with Gasteiger partial charge in [-0.2, -0.15) is 0 Å². The number of Topliss-reactive ketones (excluding diaryl/α,β-unsaturated/α-hetero) is 1. The van der Waals surface area contributed by atoms with E-state index in [1.54, 1.807) is 0 Å². The molecule has 2 rings (SSSR count). The fourth-order valence-electron chi connectivity index (χ4n) is 2.50. The first kappa shape index (κ1) is 16.7. The minimum Gasteiger partial charge on any atom is -0.312 e. The fourth-order valence-corrected chi connectivity index (χ4v) is 2.77. The monoisotopic (exact) mass is 365 g/mol. The van der Waals surface area contributed by atoms with Crippen LogP contribution in [0.5, 0.6) is 0 Å². The molecule has 0 saturated carbocycles. The van der Waals surface area contributed by atoms with E-state index < -0.39 is 0 Å². The summed E-state index contributed by atoms with van der Waals surface area (Å²) in [6.07, 6.45) is 2.20. The van der Waals surface area contributed by atoms with Crippen molar-refractivity contribution in [2.45, 2.75) is 19.8 Å². The number of hydrazine groups is 1. The van der Waals surface area contributed by atoms with Gasteiger partial charge in [-0.1, -0.05) is 29.3 Å². The maximum atomic E-state index is 11.7. The third-order valence-electron chi connectivity index (χ3n) is 3.63. The van der Waals surface area contributed by atoms with Crippen molar-refractivity contribution in [2.24, 2.45) is 5.92 Å². The molecule has 3 N–H and O–H groups in total. The van der Waals surface area contributed by atoms with Crippen LogP contribution >= 0.6 is 15.9 Å². The molecule has 6 heteroatoms. The van der Waals surface area contributed by atoms with Crippen molar-refractivity contribution in [1.82, 2.24) is 10.7 Å². The van der Waals surface area contributed by atoms with Crippen LogP contribution in [0.25, 0.3) is 0 Å². The lowest BCUT2D eigenvalue weighted by molar-refractivity contribution is -0.131. The Morgan fingerprint density at radius 3 is 2.77 bits per heavy atom. The number of rotatable bonds is 7. The summed E-state index contributed by atoms with van der Waals surface area (Å²) < 4.78 is 1.02. The SMILES string of the molecule is CCCC(NNc1ccc(Br)cc1)=C1CNCC1C(=O)C=O. The highest BCUT2D eigenvalue weighted by Crippen LogP contribution is 2.22. The molecule has 0 aromatic heterocycles. The summed E-state index contributed by atoms with van der Waals surface area (Å²) in [4.78, 5) is 22.5. The number of hydrogen-bond donors (Lipinski definition) is 3. The standard InChI is InChI=1S/C16H20BrN3O2/c1-2-3-15(13-8-18-9-14(13)16(22)10-21)20-19-12-6-4-11(17)5-7-12/h4-7,10,14,18-20H,2-3,8-9H2,1H3. The van der Waals surface area contributed by atoms with Gasteiger partial charge in [-0.25, -0.2) is 0 Å². The number of anilines is 1. The van der Waals surface area contributed by atoms with Gasteiger partial charge in [-0.3, -0.25) is 9.59 Å². The fraction of sp³-hybridized carbons (Fsp3) is 0.375. The van der Waals surface area contributed by atoms with Crippen molar-refractivity contribution in [3.05, 3.63) is 40.0 Å². The second kappa shape index (κ2) is 8.10. The van der Waals surface area contributed by atoms with Gasteiger partial charge in [0.1, 0.15) is 0 Å². The molecule has 0 spiro atoms. The molecule has 0 amide bonds. The molecular weight excluding hydrogens is 346 g/mol. The van der Waals surface area contributed by atoms with Gasteiger partial charge in [0.15, 0.2) is 6.29 Å². The summed E-state index contributed by atoms with van der Waals surface area (Å²) in [7, 11) is 0. The van der Waals surface area contributed by atoms with E-state index >= 15 is 0 Å². The van der Waals surface area contributed by atoms with Crippen molar-refractivity contribution in [1.29, 1.82) is 0 Å². The van der Waals surface area contributed by atoms with Crippen LogP contribution in [-0.4, -0.2) is 25.2 Å². The Morgan fingerprint density at radius 1 is 1.41 bits per heavy atom. The van der Waals surface area contributed by atoms with Gasteiger partial charge in [-0.05, 0) is 36.3 Å².